The molecule has 0 aliphatic heterocycles. The SMILES string of the molecule is CC(=O)OCC(Cl)C(C)=O.Cc1nc(C)c(CCO)s1.Cc1ncsc1CCO.NC(=S)C(N)=S. The van der Waals surface area contributed by atoms with Crippen LogP contribution in [0.1, 0.15) is 40.0 Å². The molecule has 0 aliphatic rings. The number of alkyl halides is 1. The Kier molecular flexibility index (Phi) is 20.9. The molecule has 9 nitrogen and oxygen atoms in total. The van der Waals surface area contributed by atoms with E-state index in [9.17, 15) is 9.59 Å². The highest BCUT2D eigenvalue weighted by atomic mass is 35.5. The fraction of sp³-hybridized carbons (Fsp3) is 0.524. The summed E-state index contributed by atoms with van der Waals surface area (Å²) in [5.74, 6) is -0.616. The Hall–Kier alpha value is -1.61. The number of Topliss-reactive ketones (excluding diaryl/α,β-unsaturated/α-hetero) is 1. The summed E-state index contributed by atoms with van der Waals surface area (Å²) in [6.45, 7) is 8.96. The van der Waals surface area contributed by atoms with Gasteiger partial charge in [0.05, 0.1) is 21.9 Å². The van der Waals surface area contributed by atoms with E-state index in [2.05, 4.69) is 39.1 Å². The van der Waals surface area contributed by atoms with E-state index in [1.807, 2.05) is 20.8 Å². The quantitative estimate of drug-likeness (QED) is 0.215. The molecule has 0 saturated carbocycles. The smallest absolute Gasteiger partial charge is 0.302 e. The van der Waals surface area contributed by atoms with Crippen molar-refractivity contribution in [3.05, 3.63) is 31.7 Å². The lowest BCUT2D eigenvalue weighted by atomic mass is 10.3. The first-order valence-corrected chi connectivity index (χ1v) is 13.1. The van der Waals surface area contributed by atoms with Gasteiger partial charge in [0.15, 0.2) is 5.78 Å². The number of thiazole rings is 2. The van der Waals surface area contributed by atoms with Crippen molar-refractivity contribution in [2.75, 3.05) is 19.8 Å². The van der Waals surface area contributed by atoms with Gasteiger partial charge in [-0.25, -0.2) is 9.97 Å². The third-order valence-corrected chi connectivity index (χ3v) is 6.77. The molecule has 2 heterocycles. The monoisotopic (exact) mass is 584 g/mol. The molecule has 0 aromatic carbocycles. The highest BCUT2D eigenvalue weighted by molar-refractivity contribution is 7.89. The van der Waals surface area contributed by atoms with Crippen LogP contribution in [-0.4, -0.2) is 67.1 Å². The maximum atomic E-state index is 10.4. The molecule has 1 unspecified atom stereocenters. The highest BCUT2D eigenvalue weighted by Crippen LogP contribution is 2.16. The minimum atomic E-state index is -0.705. The van der Waals surface area contributed by atoms with Crippen molar-refractivity contribution in [1.82, 2.24) is 9.97 Å². The fourth-order valence-corrected chi connectivity index (χ4v) is 3.64. The molecule has 0 bridgehead atoms. The number of nitrogens with zero attached hydrogens (tertiary/aromatic N) is 2. The first-order chi connectivity index (χ1) is 16.3. The number of aliphatic hydroxyl groups is 2. The number of hydrogen-bond acceptors (Lipinski definition) is 11. The number of carbonyl (C=O) groups excluding carboxylic acids is 2. The number of aryl methyl sites for hydroxylation is 3. The molecule has 2 aromatic heterocycles. The van der Waals surface area contributed by atoms with Crippen LogP contribution in [0.3, 0.4) is 0 Å². The van der Waals surface area contributed by atoms with Gasteiger partial charge in [0.2, 0.25) is 0 Å². The molecule has 35 heavy (non-hydrogen) atoms. The zero-order chi connectivity index (χ0) is 27.6. The zero-order valence-corrected chi connectivity index (χ0v) is 24.4. The van der Waals surface area contributed by atoms with Crippen LogP contribution in [0.5, 0.6) is 0 Å². The number of halogens is 1. The molecule has 0 aliphatic carbocycles. The summed E-state index contributed by atoms with van der Waals surface area (Å²) in [6, 6.07) is 0. The minimum absolute atomic E-state index is 0.0355. The van der Waals surface area contributed by atoms with Gasteiger partial charge in [-0.15, -0.1) is 34.3 Å². The lowest BCUT2D eigenvalue weighted by Crippen LogP contribution is -2.26. The van der Waals surface area contributed by atoms with E-state index >= 15 is 0 Å². The van der Waals surface area contributed by atoms with E-state index in [0.29, 0.717) is 0 Å². The lowest BCUT2D eigenvalue weighted by molar-refractivity contribution is -0.141. The van der Waals surface area contributed by atoms with Crippen LogP contribution >= 0.6 is 58.7 Å². The van der Waals surface area contributed by atoms with Gasteiger partial charge in [0, 0.05) is 42.7 Å². The van der Waals surface area contributed by atoms with E-state index in [1.165, 1.54) is 23.6 Å². The molecule has 0 spiro atoms. The number of rotatable bonds is 7. The Morgan fingerprint density at radius 2 is 1.57 bits per heavy atom. The van der Waals surface area contributed by atoms with Crippen molar-refractivity contribution in [3.8, 4) is 0 Å². The molecule has 0 radical (unpaired) electrons. The Labute approximate surface area is 229 Å². The topological polar surface area (TPSA) is 162 Å². The molecular weight excluding hydrogens is 552 g/mol. The van der Waals surface area contributed by atoms with Crippen molar-refractivity contribution < 1.29 is 24.5 Å². The normalized spacial score (nSPS) is 10.3. The van der Waals surface area contributed by atoms with Crippen LogP contribution in [-0.2, 0) is 27.2 Å². The number of ketones is 1. The van der Waals surface area contributed by atoms with E-state index in [4.69, 9.17) is 33.3 Å². The summed E-state index contributed by atoms with van der Waals surface area (Å²) in [5, 5.41) is 17.6. The standard InChI is InChI=1S/C7H11NOS.C6H9ClO3.C6H9NOS.C2H4N2S2/c1-5-7(3-4-9)10-6(2)8-5;1-4(8)6(7)3-10-5(2)9;1-5-6(2-3-8)9-4-7-5;3-1(5)2(4)6/h9H,3-4H2,1-2H3;6H,3H2,1-2H3;4,8H,2-3H2,1H3;(H2,3,5)(H2,4,6). The van der Waals surface area contributed by atoms with Crippen molar-refractivity contribution in [1.29, 1.82) is 0 Å². The second-order valence-corrected chi connectivity index (χ2v) is 10.3. The van der Waals surface area contributed by atoms with Gasteiger partial charge in [0.1, 0.15) is 22.0 Å². The predicted octanol–water partition coefficient (Wildman–Crippen LogP) is 2.59. The van der Waals surface area contributed by atoms with Crippen LogP contribution in [0.25, 0.3) is 0 Å². The van der Waals surface area contributed by atoms with Gasteiger partial charge in [0.25, 0.3) is 0 Å². The summed E-state index contributed by atoms with van der Waals surface area (Å²) < 4.78 is 4.47. The van der Waals surface area contributed by atoms with Crippen LogP contribution in [0.4, 0.5) is 0 Å². The van der Waals surface area contributed by atoms with Gasteiger partial charge in [-0.2, -0.15) is 0 Å². The van der Waals surface area contributed by atoms with E-state index < -0.39 is 11.3 Å². The molecule has 1 atom stereocenters. The average Bonchev–Trinajstić information content (AvgIpc) is 3.31. The second kappa shape index (κ2) is 20.6. The maximum Gasteiger partial charge on any atom is 0.302 e. The highest BCUT2D eigenvalue weighted by Gasteiger charge is 2.10. The summed E-state index contributed by atoms with van der Waals surface area (Å²) in [6.07, 6.45) is 1.49. The van der Waals surface area contributed by atoms with Gasteiger partial charge < -0.3 is 26.4 Å². The Balaban J connectivity index is 0. The van der Waals surface area contributed by atoms with Crippen LogP contribution in [0.15, 0.2) is 5.51 Å². The van der Waals surface area contributed by atoms with Crippen LogP contribution in [0, 0.1) is 20.8 Å². The lowest BCUT2D eigenvalue weighted by Gasteiger charge is -2.03. The third-order valence-electron chi connectivity index (χ3n) is 3.64. The third kappa shape index (κ3) is 19.3. The molecule has 14 heteroatoms. The number of aliphatic hydroxyl groups excluding tert-OH is 2. The number of aromatic nitrogens is 2. The molecular formula is C21H33ClN4O5S4. The second-order valence-electron chi connectivity index (χ2n) is 6.66. The zero-order valence-electron chi connectivity index (χ0n) is 20.4. The van der Waals surface area contributed by atoms with E-state index in [1.54, 1.807) is 28.2 Å². The number of esters is 1. The number of hydrogen-bond donors (Lipinski definition) is 4. The first kappa shape index (κ1) is 35.6. The predicted molar refractivity (Wildman–Crippen MR) is 151 cm³/mol. The minimum Gasteiger partial charge on any atom is -0.464 e. The number of thiocarbonyl (C=S) groups is 2. The van der Waals surface area contributed by atoms with Crippen molar-refractivity contribution >= 4 is 80.4 Å². The summed E-state index contributed by atoms with van der Waals surface area (Å²) in [5.41, 5.74) is 13.7. The van der Waals surface area contributed by atoms with Crippen molar-refractivity contribution in [2.24, 2.45) is 11.5 Å². The molecule has 2 aromatic rings. The van der Waals surface area contributed by atoms with Gasteiger partial charge in [-0.3, -0.25) is 9.59 Å². The molecule has 198 valence electrons. The number of ether oxygens (including phenoxy) is 1. The molecule has 0 fully saturated rings. The van der Waals surface area contributed by atoms with Gasteiger partial charge in [-0.05, 0) is 27.7 Å². The number of nitrogens with two attached hydrogens (primary N) is 2. The van der Waals surface area contributed by atoms with Crippen molar-refractivity contribution in [3.63, 3.8) is 0 Å². The molecule has 2 rings (SSSR count). The van der Waals surface area contributed by atoms with E-state index in [-0.39, 0.29) is 35.6 Å². The maximum absolute atomic E-state index is 10.4. The largest absolute Gasteiger partial charge is 0.464 e. The molecule has 0 amide bonds. The van der Waals surface area contributed by atoms with E-state index in [0.717, 1.165) is 29.2 Å². The van der Waals surface area contributed by atoms with Gasteiger partial charge >= 0.3 is 5.97 Å². The molecule has 6 N–H and O–H groups in total. The Morgan fingerprint density at radius 3 is 1.89 bits per heavy atom. The van der Waals surface area contributed by atoms with Crippen molar-refractivity contribution in [2.45, 2.75) is 52.8 Å². The molecule has 0 saturated heterocycles. The fourth-order valence-electron chi connectivity index (χ4n) is 1.88. The average molecular weight is 585 g/mol. The number of carbonyl (C=O) groups is 2. The summed E-state index contributed by atoms with van der Waals surface area (Å²) in [7, 11) is 0. The summed E-state index contributed by atoms with van der Waals surface area (Å²) >= 11 is 17.4. The van der Waals surface area contributed by atoms with Gasteiger partial charge in [-0.1, -0.05) is 24.4 Å². The Morgan fingerprint density at radius 1 is 1.06 bits per heavy atom. The Bertz CT molecular complexity index is 925. The summed E-state index contributed by atoms with van der Waals surface area (Å²) in [4.78, 5) is 31.5. The first-order valence-electron chi connectivity index (χ1n) is 10.2. The van der Waals surface area contributed by atoms with Crippen LogP contribution in [0.2, 0.25) is 0 Å². The van der Waals surface area contributed by atoms with Crippen LogP contribution < -0.4 is 11.5 Å².